The molecule has 5 heteroatoms. The van der Waals surface area contributed by atoms with Crippen LogP contribution in [0.4, 0.5) is 4.79 Å². The fraction of sp³-hybridized carbons (Fsp3) is 0.500. The number of carboxylic acids is 1. The van der Waals surface area contributed by atoms with Crippen LogP contribution in [0.5, 0.6) is 0 Å². The molecule has 1 aromatic rings. The molecule has 0 saturated heterocycles. The van der Waals surface area contributed by atoms with Gasteiger partial charge in [-0.15, -0.1) is 0 Å². The number of carbonyl (C=O) groups excluding carboxylic acids is 1. The van der Waals surface area contributed by atoms with E-state index >= 15 is 0 Å². The van der Waals surface area contributed by atoms with Crippen molar-refractivity contribution in [3.63, 3.8) is 0 Å². The predicted octanol–water partition coefficient (Wildman–Crippen LogP) is 3.07. The minimum atomic E-state index is -1.06. The van der Waals surface area contributed by atoms with Gasteiger partial charge in [-0.1, -0.05) is 31.2 Å². The lowest BCUT2D eigenvalue weighted by molar-refractivity contribution is -0.138. The third-order valence-electron chi connectivity index (χ3n) is 2.78. The minimum absolute atomic E-state index is 0.213. The van der Waals surface area contributed by atoms with Gasteiger partial charge in [0.1, 0.15) is 12.1 Å². The summed E-state index contributed by atoms with van der Waals surface area (Å²) in [4.78, 5) is 24.2. The van der Waals surface area contributed by atoms with Crippen molar-refractivity contribution in [2.75, 3.05) is 6.54 Å². The van der Waals surface area contributed by atoms with Crippen molar-refractivity contribution >= 4 is 12.1 Å². The molecule has 0 heterocycles. The number of ether oxygens (including phenoxy) is 1. The molecule has 0 unspecified atom stereocenters. The predicted molar refractivity (Wildman–Crippen MR) is 80.1 cm³/mol. The highest BCUT2D eigenvalue weighted by Gasteiger charge is 2.23. The van der Waals surface area contributed by atoms with Crippen molar-refractivity contribution in [1.29, 1.82) is 0 Å². The number of aliphatic carboxylic acids is 1. The van der Waals surface area contributed by atoms with Crippen LogP contribution in [0.3, 0.4) is 0 Å². The van der Waals surface area contributed by atoms with E-state index in [-0.39, 0.29) is 13.1 Å². The van der Waals surface area contributed by atoms with E-state index in [1.807, 2.05) is 24.3 Å². The van der Waals surface area contributed by atoms with Gasteiger partial charge in [0.2, 0.25) is 0 Å². The van der Waals surface area contributed by atoms with E-state index < -0.39 is 17.7 Å². The highest BCUT2D eigenvalue weighted by atomic mass is 16.6. The first-order valence-corrected chi connectivity index (χ1v) is 6.99. The maximum atomic E-state index is 12.1. The summed E-state index contributed by atoms with van der Waals surface area (Å²) >= 11 is 0. The topological polar surface area (TPSA) is 66.8 Å². The van der Waals surface area contributed by atoms with Crippen LogP contribution in [0.15, 0.2) is 24.3 Å². The molecule has 0 saturated carbocycles. The molecule has 1 amide bonds. The number of hydrogen-bond acceptors (Lipinski definition) is 3. The van der Waals surface area contributed by atoms with E-state index in [9.17, 15) is 9.59 Å². The summed E-state index contributed by atoms with van der Waals surface area (Å²) in [5, 5.41) is 8.94. The van der Waals surface area contributed by atoms with Crippen LogP contribution < -0.4 is 0 Å². The molecule has 0 atom stereocenters. The average Bonchev–Trinajstić information content (AvgIpc) is 2.36. The molecule has 0 aliphatic carbocycles. The number of hydrogen-bond donors (Lipinski definition) is 1. The average molecular weight is 293 g/mol. The molecule has 0 aliphatic rings. The van der Waals surface area contributed by atoms with Gasteiger partial charge in [-0.25, -0.2) is 4.79 Å². The number of rotatable bonds is 5. The van der Waals surface area contributed by atoms with Crippen molar-refractivity contribution in [3.05, 3.63) is 35.4 Å². The number of amides is 1. The summed E-state index contributed by atoms with van der Waals surface area (Å²) < 4.78 is 5.24. The Morgan fingerprint density at radius 2 is 1.67 bits per heavy atom. The van der Waals surface area contributed by atoms with Crippen LogP contribution in [-0.2, 0) is 22.5 Å². The number of benzene rings is 1. The van der Waals surface area contributed by atoms with Gasteiger partial charge in [-0.3, -0.25) is 9.69 Å². The zero-order valence-electron chi connectivity index (χ0n) is 13.0. The maximum Gasteiger partial charge on any atom is 0.411 e. The molecular weight excluding hydrogens is 270 g/mol. The Morgan fingerprint density at radius 3 is 2.10 bits per heavy atom. The first-order chi connectivity index (χ1) is 9.71. The standard InChI is InChI=1S/C16H23NO4/c1-5-12-6-8-13(9-7-12)10-17(11-14(18)19)15(20)21-16(2,3)4/h6-9H,5,10-11H2,1-4H3,(H,18,19). The fourth-order valence-corrected chi connectivity index (χ4v) is 1.78. The molecule has 0 spiro atoms. The van der Waals surface area contributed by atoms with Gasteiger partial charge >= 0.3 is 12.1 Å². The molecule has 1 rings (SSSR count). The normalized spacial score (nSPS) is 11.0. The molecule has 1 aromatic carbocycles. The number of nitrogens with zero attached hydrogens (tertiary/aromatic N) is 1. The van der Waals surface area contributed by atoms with Crippen LogP contribution in [0.2, 0.25) is 0 Å². The van der Waals surface area contributed by atoms with E-state index in [1.54, 1.807) is 20.8 Å². The summed E-state index contributed by atoms with van der Waals surface area (Å²) in [6, 6.07) is 7.75. The summed E-state index contributed by atoms with van der Waals surface area (Å²) in [5.41, 5.74) is 1.42. The summed E-state index contributed by atoms with van der Waals surface area (Å²) in [6.07, 6.45) is 0.315. The molecule has 5 nitrogen and oxygen atoms in total. The van der Waals surface area contributed by atoms with E-state index in [1.165, 1.54) is 10.5 Å². The SMILES string of the molecule is CCc1ccc(CN(CC(=O)O)C(=O)OC(C)(C)C)cc1. The molecule has 116 valence electrons. The van der Waals surface area contributed by atoms with E-state index in [0.29, 0.717) is 0 Å². The van der Waals surface area contributed by atoms with Gasteiger partial charge in [0.15, 0.2) is 0 Å². The molecular formula is C16H23NO4. The second-order valence-electron chi connectivity index (χ2n) is 5.90. The van der Waals surface area contributed by atoms with Crippen LogP contribution in [0.25, 0.3) is 0 Å². The highest BCUT2D eigenvalue weighted by molar-refractivity contribution is 5.76. The molecule has 0 fully saturated rings. The van der Waals surface area contributed by atoms with E-state index in [2.05, 4.69) is 6.92 Å². The van der Waals surface area contributed by atoms with Gasteiger partial charge < -0.3 is 9.84 Å². The van der Waals surface area contributed by atoms with E-state index in [0.717, 1.165) is 12.0 Å². The quantitative estimate of drug-likeness (QED) is 0.906. The van der Waals surface area contributed by atoms with Crippen molar-refractivity contribution in [2.24, 2.45) is 0 Å². The largest absolute Gasteiger partial charge is 0.480 e. The summed E-state index contributed by atoms with van der Waals surface area (Å²) in [5.74, 6) is -1.06. The lowest BCUT2D eigenvalue weighted by Gasteiger charge is -2.26. The number of carboxylic acid groups (broad SMARTS) is 1. The molecule has 0 aromatic heterocycles. The Morgan fingerprint density at radius 1 is 1.14 bits per heavy atom. The minimum Gasteiger partial charge on any atom is -0.480 e. The lowest BCUT2D eigenvalue weighted by atomic mass is 10.1. The van der Waals surface area contributed by atoms with Gasteiger partial charge in [-0.05, 0) is 38.3 Å². The van der Waals surface area contributed by atoms with Crippen molar-refractivity contribution in [2.45, 2.75) is 46.3 Å². The monoisotopic (exact) mass is 293 g/mol. The molecule has 0 aliphatic heterocycles. The van der Waals surface area contributed by atoms with Crippen molar-refractivity contribution in [3.8, 4) is 0 Å². The Labute approximate surface area is 125 Å². The maximum absolute atomic E-state index is 12.1. The highest BCUT2D eigenvalue weighted by Crippen LogP contribution is 2.13. The van der Waals surface area contributed by atoms with Gasteiger partial charge in [0, 0.05) is 6.54 Å². The van der Waals surface area contributed by atoms with Crippen LogP contribution in [-0.4, -0.2) is 34.2 Å². The Hall–Kier alpha value is -2.04. The smallest absolute Gasteiger partial charge is 0.411 e. The van der Waals surface area contributed by atoms with Gasteiger partial charge in [-0.2, -0.15) is 0 Å². The number of carbonyl (C=O) groups is 2. The van der Waals surface area contributed by atoms with Gasteiger partial charge in [0.25, 0.3) is 0 Å². The molecule has 0 bridgehead atoms. The second-order valence-corrected chi connectivity index (χ2v) is 5.90. The first kappa shape index (κ1) is 17.0. The first-order valence-electron chi connectivity index (χ1n) is 6.99. The van der Waals surface area contributed by atoms with Crippen molar-refractivity contribution < 1.29 is 19.4 Å². The molecule has 21 heavy (non-hydrogen) atoms. The Balaban J connectivity index is 2.81. The zero-order valence-corrected chi connectivity index (χ0v) is 13.0. The van der Waals surface area contributed by atoms with Crippen molar-refractivity contribution in [1.82, 2.24) is 4.90 Å². The Kier molecular flexibility index (Phi) is 5.76. The summed E-state index contributed by atoms with van der Waals surface area (Å²) in [6.45, 7) is 7.14. The third kappa shape index (κ3) is 6.29. The number of aryl methyl sites for hydroxylation is 1. The van der Waals surface area contributed by atoms with Crippen LogP contribution >= 0.6 is 0 Å². The second kappa shape index (κ2) is 7.11. The van der Waals surface area contributed by atoms with Crippen LogP contribution in [0.1, 0.15) is 38.8 Å². The fourth-order valence-electron chi connectivity index (χ4n) is 1.78. The third-order valence-corrected chi connectivity index (χ3v) is 2.78. The van der Waals surface area contributed by atoms with Gasteiger partial charge in [0.05, 0.1) is 0 Å². The van der Waals surface area contributed by atoms with E-state index in [4.69, 9.17) is 9.84 Å². The Bertz CT molecular complexity index is 488. The molecule has 1 N–H and O–H groups in total. The zero-order chi connectivity index (χ0) is 16.0. The summed E-state index contributed by atoms with van der Waals surface area (Å²) in [7, 11) is 0. The van der Waals surface area contributed by atoms with Crippen LogP contribution in [0, 0.1) is 0 Å². The lowest BCUT2D eigenvalue weighted by Crippen LogP contribution is -2.39. The molecule has 0 radical (unpaired) electrons.